The van der Waals surface area contributed by atoms with Crippen molar-refractivity contribution < 1.29 is 8.42 Å². The first kappa shape index (κ1) is 26.0. The fourth-order valence-electron chi connectivity index (χ4n) is 3.70. The molecule has 9 nitrogen and oxygen atoms in total. The predicted octanol–water partition coefficient (Wildman–Crippen LogP) is 4.83. The number of nitrogens with zero attached hydrogens (tertiary/aromatic N) is 4. The van der Waals surface area contributed by atoms with Gasteiger partial charge in [0.2, 0.25) is 16.0 Å². The minimum atomic E-state index is -3.41. The Labute approximate surface area is 217 Å². The van der Waals surface area contributed by atoms with Crippen molar-refractivity contribution in [2.45, 2.75) is 25.0 Å². The molecule has 192 valence electrons. The van der Waals surface area contributed by atoms with Crippen molar-refractivity contribution >= 4 is 56.1 Å². The molecule has 1 aromatic heterocycles. The lowest BCUT2D eigenvalue weighted by molar-refractivity contribution is 0.416. The molecule has 2 aromatic carbocycles. The smallest absolute Gasteiger partial charge is 0.235 e. The number of anilines is 6. The molecule has 1 fully saturated rings. The molecular weight excluding hydrogens is 498 g/mol. The van der Waals surface area contributed by atoms with Gasteiger partial charge in [0.05, 0.1) is 22.8 Å². The molecular formula is C25H32ClN7O2S. The summed E-state index contributed by atoms with van der Waals surface area (Å²) in [5, 5.41) is 6.37. The summed E-state index contributed by atoms with van der Waals surface area (Å²) in [5.74, 6) is 0.732. The first-order valence-corrected chi connectivity index (χ1v) is 13.7. The number of aryl methyl sites for hydroxylation is 1. The molecule has 11 heteroatoms. The number of hydrogen-bond donors (Lipinski definition) is 3. The van der Waals surface area contributed by atoms with Crippen LogP contribution in [0.1, 0.15) is 18.4 Å². The molecule has 0 amide bonds. The van der Waals surface area contributed by atoms with Gasteiger partial charge < -0.3 is 20.4 Å². The molecule has 1 aliphatic carbocycles. The normalized spacial score (nSPS) is 13.5. The molecule has 0 bridgehead atoms. The first-order chi connectivity index (χ1) is 17.1. The maximum Gasteiger partial charge on any atom is 0.235 e. The molecule has 0 aliphatic heterocycles. The average Bonchev–Trinajstić information content (AvgIpc) is 3.67. The highest BCUT2D eigenvalue weighted by molar-refractivity contribution is 7.93. The van der Waals surface area contributed by atoms with E-state index < -0.39 is 10.0 Å². The van der Waals surface area contributed by atoms with Gasteiger partial charge in [-0.2, -0.15) is 4.98 Å². The van der Waals surface area contributed by atoms with Gasteiger partial charge in [0.25, 0.3) is 0 Å². The Kier molecular flexibility index (Phi) is 7.87. The molecule has 1 heterocycles. The van der Waals surface area contributed by atoms with Crippen LogP contribution in [0.5, 0.6) is 0 Å². The Hall–Kier alpha value is -3.08. The predicted molar refractivity (Wildman–Crippen MR) is 149 cm³/mol. The molecule has 0 saturated heterocycles. The van der Waals surface area contributed by atoms with Gasteiger partial charge in [0.1, 0.15) is 5.02 Å². The van der Waals surface area contributed by atoms with Gasteiger partial charge in [0.15, 0.2) is 5.82 Å². The van der Waals surface area contributed by atoms with Gasteiger partial charge in [-0.05, 0) is 69.8 Å². The van der Waals surface area contributed by atoms with E-state index >= 15 is 0 Å². The van der Waals surface area contributed by atoms with Crippen molar-refractivity contribution in [3.8, 4) is 0 Å². The van der Waals surface area contributed by atoms with E-state index in [2.05, 4.69) is 75.3 Å². The molecule has 0 radical (unpaired) electrons. The minimum Gasteiger partial charge on any atom is -0.373 e. The van der Waals surface area contributed by atoms with Gasteiger partial charge >= 0.3 is 0 Å². The minimum absolute atomic E-state index is 0.314. The van der Waals surface area contributed by atoms with E-state index in [4.69, 9.17) is 11.6 Å². The second kappa shape index (κ2) is 10.9. The number of para-hydroxylation sites is 2. The molecule has 3 N–H and O–H groups in total. The monoisotopic (exact) mass is 529 g/mol. The Morgan fingerprint density at radius 2 is 1.75 bits per heavy atom. The molecule has 0 atom stereocenters. The number of halogens is 1. The Morgan fingerprint density at radius 3 is 2.42 bits per heavy atom. The van der Waals surface area contributed by atoms with Crippen molar-refractivity contribution in [2.75, 3.05) is 54.5 Å². The summed E-state index contributed by atoms with van der Waals surface area (Å²) in [6, 6.07) is 13.2. The highest BCUT2D eigenvalue weighted by Crippen LogP contribution is 2.34. The zero-order chi connectivity index (χ0) is 25.9. The van der Waals surface area contributed by atoms with Gasteiger partial charge in [-0.15, -0.1) is 0 Å². The standard InChI is InChI=1S/C25H32ClN7O2S/c1-17-15-18(9-12-23(17)33(4)14-13-32(2)3)28-25-27-16-20(26)24(30-25)29-21-7-5-6-8-22(21)31-36(34,35)19-10-11-19/h5-9,12,15-16,19,31H,10-11,13-14H2,1-4H3,(H2,27,28,29,30). The van der Waals surface area contributed by atoms with E-state index in [1.165, 1.54) is 6.20 Å². The summed E-state index contributed by atoms with van der Waals surface area (Å²) in [4.78, 5) is 13.2. The van der Waals surface area contributed by atoms with Gasteiger partial charge in [-0.3, -0.25) is 4.72 Å². The fraction of sp³-hybridized carbons (Fsp3) is 0.360. The van der Waals surface area contributed by atoms with Crippen LogP contribution in [0, 0.1) is 6.92 Å². The van der Waals surface area contributed by atoms with Crippen LogP contribution >= 0.6 is 11.6 Å². The van der Waals surface area contributed by atoms with E-state index in [0.717, 1.165) is 30.0 Å². The van der Waals surface area contributed by atoms with Gasteiger partial charge in [-0.25, -0.2) is 13.4 Å². The summed E-state index contributed by atoms with van der Waals surface area (Å²) in [5.41, 5.74) is 4.13. The number of aromatic nitrogens is 2. The molecule has 0 unspecified atom stereocenters. The second-order valence-electron chi connectivity index (χ2n) is 9.26. The maximum atomic E-state index is 12.4. The lowest BCUT2D eigenvalue weighted by Gasteiger charge is -2.23. The van der Waals surface area contributed by atoms with Crippen molar-refractivity contribution in [3.05, 3.63) is 59.2 Å². The Balaban J connectivity index is 1.50. The van der Waals surface area contributed by atoms with Crippen LogP contribution in [0.2, 0.25) is 5.02 Å². The van der Waals surface area contributed by atoms with Crippen LogP contribution in [0.3, 0.4) is 0 Å². The zero-order valence-corrected chi connectivity index (χ0v) is 22.5. The van der Waals surface area contributed by atoms with Crippen LogP contribution in [0.15, 0.2) is 48.7 Å². The maximum absolute atomic E-state index is 12.4. The van der Waals surface area contributed by atoms with Crippen LogP contribution in [0.4, 0.5) is 34.5 Å². The van der Waals surface area contributed by atoms with Crippen molar-refractivity contribution in [2.24, 2.45) is 0 Å². The van der Waals surface area contributed by atoms with Gasteiger partial charge in [-0.1, -0.05) is 23.7 Å². The largest absolute Gasteiger partial charge is 0.373 e. The number of likely N-dealkylation sites (N-methyl/N-ethyl adjacent to an activating group) is 2. The summed E-state index contributed by atoms with van der Waals surface area (Å²) >= 11 is 6.36. The summed E-state index contributed by atoms with van der Waals surface area (Å²) in [7, 11) is 2.80. The summed E-state index contributed by atoms with van der Waals surface area (Å²) in [6.07, 6.45) is 2.88. The van der Waals surface area contributed by atoms with Crippen molar-refractivity contribution in [3.63, 3.8) is 0 Å². The molecule has 36 heavy (non-hydrogen) atoms. The third-order valence-corrected chi connectivity index (χ3v) is 8.02. The molecule has 1 saturated carbocycles. The quantitative estimate of drug-likeness (QED) is 0.324. The van der Waals surface area contributed by atoms with Crippen LogP contribution in [0.25, 0.3) is 0 Å². The SMILES string of the molecule is Cc1cc(Nc2ncc(Cl)c(Nc3ccccc3NS(=O)(=O)C3CC3)n2)ccc1N(C)CCN(C)C. The first-order valence-electron chi connectivity index (χ1n) is 11.8. The molecule has 4 rings (SSSR count). The highest BCUT2D eigenvalue weighted by Gasteiger charge is 2.36. The van der Waals surface area contributed by atoms with Crippen molar-refractivity contribution in [1.29, 1.82) is 0 Å². The summed E-state index contributed by atoms with van der Waals surface area (Å²) < 4.78 is 27.6. The van der Waals surface area contributed by atoms with Crippen LogP contribution in [-0.4, -0.2) is 62.8 Å². The number of rotatable bonds is 11. The lowest BCUT2D eigenvalue weighted by Crippen LogP contribution is -2.28. The van der Waals surface area contributed by atoms with E-state index in [0.29, 0.717) is 41.0 Å². The second-order valence-corrected chi connectivity index (χ2v) is 11.6. The topological polar surface area (TPSA) is 102 Å². The average molecular weight is 530 g/mol. The van der Waals surface area contributed by atoms with Gasteiger partial charge in [0, 0.05) is 31.5 Å². The number of benzene rings is 2. The van der Waals surface area contributed by atoms with E-state index in [1.54, 1.807) is 18.2 Å². The fourth-order valence-corrected chi connectivity index (χ4v) is 5.25. The highest BCUT2D eigenvalue weighted by atomic mass is 35.5. The van der Waals surface area contributed by atoms with Crippen LogP contribution < -0.4 is 20.3 Å². The van der Waals surface area contributed by atoms with Crippen LogP contribution in [-0.2, 0) is 10.0 Å². The lowest BCUT2D eigenvalue weighted by atomic mass is 10.1. The summed E-state index contributed by atoms with van der Waals surface area (Å²) in [6.45, 7) is 3.96. The Morgan fingerprint density at radius 1 is 1.03 bits per heavy atom. The number of nitrogens with one attached hydrogen (secondary N) is 3. The number of sulfonamides is 1. The third kappa shape index (κ3) is 6.57. The molecule has 1 aliphatic rings. The number of hydrogen-bond acceptors (Lipinski definition) is 8. The van der Waals surface area contributed by atoms with E-state index in [9.17, 15) is 8.42 Å². The molecule has 3 aromatic rings. The van der Waals surface area contributed by atoms with E-state index in [1.807, 2.05) is 12.1 Å². The van der Waals surface area contributed by atoms with Crippen molar-refractivity contribution in [1.82, 2.24) is 14.9 Å². The zero-order valence-electron chi connectivity index (χ0n) is 20.9. The third-order valence-electron chi connectivity index (χ3n) is 5.89. The van der Waals surface area contributed by atoms with E-state index in [-0.39, 0.29) is 5.25 Å². The Bertz CT molecular complexity index is 1330. The molecule has 0 spiro atoms.